The summed E-state index contributed by atoms with van der Waals surface area (Å²) in [6.07, 6.45) is -0.231. The molecule has 14 nitrogen and oxygen atoms in total. The number of carbonyl (C=O) groups excluding carboxylic acids is 4. The molecule has 0 aliphatic carbocycles. The van der Waals surface area contributed by atoms with Crippen molar-refractivity contribution in [3.05, 3.63) is 35.4 Å². The fraction of sp³-hybridized carbons (Fsp3) is 0.480. The normalized spacial score (nSPS) is 12.7. The van der Waals surface area contributed by atoms with E-state index >= 15 is 0 Å². The van der Waals surface area contributed by atoms with Crippen molar-refractivity contribution in [1.29, 1.82) is 0 Å². The zero-order chi connectivity index (χ0) is 29.4. The molecule has 1 rings (SSSR count). The van der Waals surface area contributed by atoms with Crippen LogP contribution in [0.3, 0.4) is 0 Å². The summed E-state index contributed by atoms with van der Waals surface area (Å²) in [7, 11) is 0. The largest absolute Gasteiger partial charge is 0.481 e. The zero-order valence-corrected chi connectivity index (χ0v) is 21.7. The number of carboxylic acids is 2. The molecule has 0 fully saturated rings. The summed E-state index contributed by atoms with van der Waals surface area (Å²) in [5.41, 5.74) is 12.1. The topological polar surface area (TPSA) is 243 Å². The minimum Gasteiger partial charge on any atom is -0.481 e. The average molecular weight is 549 g/mol. The molecule has 0 unspecified atom stereocenters. The molecule has 0 heterocycles. The summed E-state index contributed by atoms with van der Waals surface area (Å²) in [4.78, 5) is 75.5. The number of nitrogens with zero attached hydrogens (tertiary/aromatic N) is 1. The Morgan fingerprint density at radius 3 is 2.15 bits per heavy atom. The van der Waals surface area contributed by atoms with Crippen LogP contribution in [-0.4, -0.2) is 70.7 Å². The van der Waals surface area contributed by atoms with Crippen molar-refractivity contribution in [3.8, 4) is 0 Å². The van der Waals surface area contributed by atoms with Crippen molar-refractivity contribution in [2.24, 2.45) is 22.4 Å². The maximum absolute atomic E-state index is 13.2. The summed E-state index contributed by atoms with van der Waals surface area (Å²) in [6, 6.07) is 4.60. The maximum atomic E-state index is 13.2. The summed E-state index contributed by atoms with van der Waals surface area (Å²) < 4.78 is 0. The van der Waals surface area contributed by atoms with Gasteiger partial charge in [-0.1, -0.05) is 31.2 Å². The summed E-state index contributed by atoms with van der Waals surface area (Å²) in [6.45, 7) is 2.04. The molecule has 9 N–H and O–H groups in total. The predicted molar refractivity (Wildman–Crippen MR) is 140 cm³/mol. The Morgan fingerprint density at radius 1 is 0.974 bits per heavy atom. The van der Waals surface area contributed by atoms with Gasteiger partial charge in [0.25, 0.3) is 0 Å². The number of rotatable bonds is 19. The molecule has 0 aliphatic rings. The highest BCUT2D eigenvalue weighted by atomic mass is 16.4. The molecule has 0 spiro atoms. The van der Waals surface area contributed by atoms with Gasteiger partial charge in [-0.05, 0) is 30.4 Å². The standard InChI is InChI=1S/C25H36N6O8/c1-2-18(24(38)39)31-23(37)17(12-22(35)36)11-20(33)19(4-3-9-29-25(26)27)30-21(34)10-15-5-7-16(8-6-15)13-28-14-32/h5-8,14,17-19H,2-4,9-13H2,1H3,(H,28,32)(H,30,34)(H,31,37)(H,35,36)(H,38,39)(H4,26,27,29)/t17-,18-,19-/m0/s1. The number of Topliss-reactive ketones (excluding diaryl/α,β-unsaturated/α-hetero) is 1. The summed E-state index contributed by atoms with van der Waals surface area (Å²) >= 11 is 0. The van der Waals surface area contributed by atoms with Gasteiger partial charge in [-0.25, -0.2) is 4.79 Å². The number of ketones is 1. The van der Waals surface area contributed by atoms with Crippen LogP contribution >= 0.6 is 0 Å². The van der Waals surface area contributed by atoms with Crippen LogP contribution in [0.2, 0.25) is 0 Å². The van der Waals surface area contributed by atoms with Gasteiger partial charge in [0, 0.05) is 19.5 Å². The minimum atomic E-state index is -1.34. The Kier molecular flexibility index (Phi) is 14.3. The van der Waals surface area contributed by atoms with E-state index in [0.717, 1.165) is 5.56 Å². The van der Waals surface area contributed by atoms with Crippen LogP contribution < -0.4 is 27.4 Å². The van der Waals surface area contributed by atoms with Gasteiger partial charge in [-0.2, -0.15) is 0 Å². The van der Waals surface area contributed by atoms with Crippen LogP contribution in [-0.2, 0) is 41.7 Å². The number of aliphatic carboxylic acids is 2. The highest BCUT2D eigenvalue weighted by molar-refractivity contribution is 5.95. The lowest BCUT2D eigenvalue weighted by Crippen LogP contribution is -2.46. The number of guanidine groups is 1. The molecule has 1 aromatic carbocycles. The van der Waals surface area contributed by atoms with Crippen LogP contribution in [0.4, 0.5) is 0 Å². The highest BCUT2D eigenvalue weighted by Gasteiger charge is 2.31. The van der Waals surface area contributed by atoms with E-state index in [9.17, 15) is 39.0 Å². The lowest BCUT2D eigenvalue weighted by Gasteiger charge is -2.22. The second kappa shape index (κ2) is 17.1. The molecule has 14 heteroatoms. The van der Waals surface area contributed by atoms with Crippen molar-refractivity contribution < 1.29 is 39.0 Å². The van der Waals surface area contributed by atoms with Crippen LogP contribution in [0.5, 0.6) is 0 Å². The molecule has 39 heavy (non-hydrogen) atoms. The summed E-state index contributed by atoms with van der Waals surface area (Å²) in [5.74, 6) is -6.06. The van der Waals surface area contributed by atoms with E-state index in [1.165, 1.54) is 6.92 Å². The fourth-order valence-electron chi connectivity index (χ4n) is 3.66. The van der Waals surface area contributed by atoms with Crippen LogP contribution in [0.25, 0.3) is 0 Å². The Balaban J connectivity index is 2.99. The zero-order valence-electron chi connectivity index (χ0n) is 21.7. The molecule has 0 aromatic heterocycles. The third kappa shape index (κ3) is 13.0. The van der Waals surface area contributed by atoms with Crippen molar-refractivity contribution in [2.75, 3.05) is 6.54 Å². The van der Waals surface area contributed by atoms with Crippen LogP contribution in [0.1, 0.15) is 50.2 Å². The van der Waals surface area contributed by atoms with Gasteiger partial charge in [-0.3, -0.25) is 29.0 Å². The molecular weight excluding hydrogens is 512 g/mol. The molecule has 0 saturated carbocycles. The molecule has 0 saturated heterocycles. The van der Waals surface area contributed by atoms with E-state index in [0.29, 0.717) is 24.9 Å². The third-order valence-electron chi connectivity index (χ3n) is 5.71. The van der Waals surface area contributed by atoms with Gasteiger partial charge < -0.3 is 37.6 Å². The average Bonchev–Trinajstić information content (AvgIpc) is 2.87. The summed E-state index contributed by atoms with van der Waals surface area (Å²) in [5, 5.41) is 25.9. The van der Waals surface area contributed by atoms with Crippen molar-refractivity contribution in [1.82, 2.24) is 16.0 Å². The molecular formula is C25H36N6O8. The highest BCUT2D eigenvalue weighted by Crippen LogP contribution is 2.15. The number of nitrogens with two attached hydrogens (primary N) is 2. The first-order chi connectivity index (χ1) is 18.5. The fourth-order valence-corrected chi connectivity index (χ4v) is 3.66. The first-order valence-electron chi connectivity index (χ1n) is 12.3. The molecule has 214 valence electrons. The second-order valence-corrected chi connectivity index (χ2v) is 8.83. The van der Waals surface area contributed by atoms with Gasteiger partial charge in [-0.15, -0.1) is 0 Å². The van der Waals surface area contributed by atoms with Gasteiger partial charge in [0.1, 0.15) is 6.04 Å². The van der Waals surface area contributed by atoms with E-state index in [1.54, 1.807) is 24.3 Å². The van der Waals surface area contributed by atoms with Gasteiger partial charge in [0.2, 0.25) is 18.2 Å². The number of amides is 3. The monoisotopic (exact) mass is 548 g/mol. The number of carbonyl (C=O) groups is 6. The SMILES string of the molecule is CC[C@H](NC(=O)[C@H](CC(=O)O)CC(=O)[C@H](CCCN=C(N)N)NC(=O)Cc1ccc(CNC=O)cc1)C(=O)O. The molecule has 1 aromatic rings. The van der Waals surface area contributed by atoms with E-state index in [2.05, 4.69) is 20.9 Å². The quantitative estimate of drug-likeness (QED) is 0.0483. The lowest BCUT2D eigenvalue weighted by atomic mass is 9.92. The number of hydrogen-bond donors (Lipinski definition) is 7. The Bertz CT molecular complexity index is 1040. The lowest BCUT2D eigenvalue weighted by molar-refractivity contribution is -0.144. The molecule has 3 amide bonds. The first kappa shape index (κ1) is 32.5. The Hall–Kier alpha value is -4.49. The predicted octanol–water partition coefficient (Wildman–Crippen LogP) is -0.957. The van der Waals surface area contributed by atoms with E-state index in [-0.39, 0.29) is 31.8 Å². The van der Waals surface area contributed by atoms with Crippen molar-refractivity contribution >= 4 is 41.9 Å². The van der Waals surface area contributed by atoms with Crippen LogP contribution in [0, 0.1) is 5.92 Å². The van der Waals surface area contributed by atoms with E-state index in [4.69, 9.17) is 11.5 Å². The van der Waals surface area contributed by atoms with E-state index in [1.807, 2.05) is 0 Å². The number of carboxylic acid groups (broad SMARTS) is 2. The maximum Gasteiger partial charge on any atom is 0.326 e. The Morgan fingerprint density at radius 2 is 1.62 bits per heavy atom. The number of benzene rings is 1. The van der Waals surface area contributed by atoms with E-state index < -0.39 is 60.4 Å². The second-order valence-electron chi connectivity index (χ2n) is 8.83. The number of nitrogens with one attached hydrogen (secondary N) is 3. The molecule has 3 atom stereocenters. The van der Waals surface area contributed by atoms with Gasteiger partial charge >= 0.3 is 11.9 Å². The van der Waals surface area contributed by atoms with Crippen molar-refractivity contribution in [2.45, 2.75) is 64.1 Å². The number of aliphatic imine (C=N–C) groups is 1. The van der Waals surface area contributed by atoms with Crippen molar-refractivity contribution in [3.63, 3.8) is 0 Å². The minimum absolute atomic E-state index is 0.0606. The molecule has 0 bridgehead atoms. The Labute approximate surface area is 225 Å². The molecule has 0 radical (unpaired) electrons. The first-order valence-corrected chi connectivity index (χ1v) is 12.3. The van der Waals surface area contributed by atoms with Crippen LogP contribution in [0.15, 0.2) is 29.3 Å². The molecule has 0 aliphatic heterocycles. The van der Waals surface area contributed by atoms with Gasteiger partial charge in [0.05, 0.1) is 24.8 Å². The van der Waals surface area contributed by atoms with Gasteiger partial charge in [0.15, 0.2) is 11.7 Å². The smallest absolute Gasteiger partial charge is 0.326 e. The number of hydrogen-bond acceptors (Lipinski definition) is 7. The third-order valence-corrected chi connectivity index (χ3v) is 5.71.